The predicted octanol–water partition coefficient (Wildman–Crippen LogP) is 3.90. The van der Waals surface area contributed by atoms with E-state index in [1.54, 1.807) is 19.4 Å². The van der Waals surface area contributed by atoms with Crippen LogP contribution in [0.2, 0.25) is 0 Å². The van der Waals surface area contributed by atoms with Crippen LogP contribution in [0.5, 0.6) is 5.75 Å². The summed E-state index contributed by atoms with van der Waals surface area (Å²) in [6.07, 6.45) is 3.84. The maximum atomic E-state index is 10.9. The van der Waals surface area contributed by atoms with Gasteiger partial charge >= 0.3 is 0 Å². The molecule has 1 aromatic carbocycles. The van der Waals surface area contributed by atoms with Crippen molar-refractivity contribution in [2.75, 3.05) is 0 Å². The van der Waals surface area contributed by atoms with Gasteiger partial charge in [0.05, 0.1) is 11.4 Å². The van der Waals surface area contributed by atoms with E-state index in [9.17, 15) is 9.90 Å². The van der Waals surface area contributed by atoms with Crippen LogP contribution in [0.25, 0.3) is 11.3 Å². The van der Waals surface area contributed by atoms with E-state index in [2.05, 4.69) is 60.0 Å². The van der Waals surface area contributed by atoms with E-state index in [0.717, 1.165) is 16.8 Å². The highest BCUT2D eigenvalue weighted by Gasteiger charge is 2.14. The molecular weight excluding hydrogens is 338 g/mol. The van der Waals surface area contributed by atoms with E-state index >= 15 is 0 Å². The van der Waals surface area contributed by atoms with Crippen LogP contribution >= 0.6 is 0 Å². The highest BCUT2D eigenvalue weighted by Crippen LogP contribution is 2.25. The van der Waals surface area contributed by atoms with Gasteiger partial charge in [-0.25, -0.2) is 9.97 Å². The first kappa shape index (κ1) is 18.7. The lowest BCUT2D eigenvalue weighted by atomic mass is 9.86. The van der Waals surface area contributed by atoms with Crippen molar-refractivity contribution < 1.29 is 9.90 Å². The fraction of sp³-hybridized carbons (Fsp3) is 0.273. The third kappa shape index (κ3) is 4.19. The fourth-order valence-electron chi connectivity index (χ4n) is 2.80. The highest BCUT2D eigenvalue weighted by molar-refractivity contribution is 5.76. The number of aromatic hydroxyl groups is 1. The normalized spacial score (nSPS) is 11.4. The Labute approximate surface area is 159 Å². The predicted molar refractivity (Wildman–Crippen MR) is 104 cm³/mol. The van der Waals surface area contributed by atoms with E-state index in [1.807, 2.05) is 12.1 Å². The molecule has 0 fully saturated rings. The van der Waals surface area contributed by atoms with Crippen molar-refractivity contribution in [3.05, 3.63) is 70.9 Å². The number of pyridine rings is 1. The number of nitrogens with zero attached hydrogens (tertiary/aromatic N) is 3. The average molecular weight is 360 g/mol. The lowest BCUT2D eigenvalue weighted by molar-refractivity contribution is 0.459. The summed E-state index contributed by atoms with van der Waals surface area (Å²) < 4.78 is 0. The number of aromatic nitrogens is 3. The Kier molecular flexibility index (Phi) is 5.04. The Bertz CT molecular complexity index is 957. The van der Waals surface area contributed by atoms with Gasteiger partial charge in [0, 0.05) is 18.2 Å². The second-order valence-corrected chi connectivity index (χ2v) is 7.58. The maximum absolute atomic E-state index is 10.9. The molecule has 3 aromatic rings. The van der Waals surface area contributed by atoms with Gasteiger partial charge in [0.2, 0.25) is 0 Å². The van der Waals surface area contributed by atoms with Crippen LogP contribution in [0.15, 0.2) is 42.6 Å². The summed E-state index contributed by atoms with van der Waals surface area (Å²) in [5.41, 5.74) is 4.53. The first-order chi connectivity index (χ1) is 12.8. The quantitative estimate of drug-likeness (QED) is 0.764. The number of aryl methyl sites for hydroxylation is 1. The van der Waals surface area contributed by atoms with Gasteiger partial charge in [0.15, 0.2) is 11.4 Å². The topological polar surface area (TPSA) is 76.0 Å². The van der Waals surface area contributed by atoms with E-state index in [4.69, 9.17) is 0 Å². The summed E-state index contributed by atoms with van der Waals surface area (Å²) in [5, 5.41) is 9.72. The number of rotatable bonds is 4. The van der Waals surface area contributed by atoms with Gasteiger partial charge < -0.3 is 5.11 Å². The standard InChI is InChI=1S/C22H22N3O2/c1-14-21(27)19(13-26)25-20(24-14)11-15-5-10-18(23-12-15)16-6-8-17(9-7-16)22(2,3)4/h5-10,12,27H,11H2,1-4H3. The van der Waals surface area contributed by atoms with Gasteiger partial charge in [-0.3, -0.25) is 9.78 Å². The molecule has 0 aliphatic heterocycles. The zero-order valence-electron chi connectivity index (χ0n) is 15.9. The van der Waals surface area contributed by atoms with Crippen molar-refractivity contribution in [1.82, 2.24) is 15.0 Å². The van der Waals surface area contributed by atoms with Gasteiger partial charge in [-0.2, -0.15) is 0 Å². The van der Waals surface area contributed by atoms with Crippen molar-refractivity contribution in [3.63, 3.8) is 0 Å². The van der Waals surface area contributed by atoms with Crippen molar-refractivity contribution in [2.24, 2.45) is 0 Å². The van der Waals surface area contributed by atoms with E-state index in [1.165, 1.54) is 5.56 Å². The first-order valence-corrected chi connectivity index (χ1v) is 8.78. The second-order valence-electron chi connectivity index (χ2n) is 7.58. The van der Waals surface area contributed by atoms with Gasteiger partial charge in [0.1, 0.15) is 5.82 Å². The molecule has 5 heteroatoms. The van der Waals surface area contributed by atoms with E-state index in [-0.39, 0.29) is 16.9 Å². The Balaban J connectivity index is 1.80. The van der Waals surface area contributed by atoms with Gasteiger partial charge in [-0.15, -0.1) is 0 Å². The van der Waals surface area contributed by atoms with Crippen LogP contribution in [0.4, 0.5) is 0 Å². The zero-order valence-corrected chi connectivity index (χ0v) is 15.9. The van der Waals surface area contributed by atoms with E-state index in [0.29, 0.717) is 17.9 Å². The first-order valence-electron chi connectivity index (χ1n) is 8.78. The number of benzene rings is 1. The number of hydrogen-bond donors (Lipinski definition) is 1. The molecule has 1 radical (unpaired) electrons. The summed E-state index contributed by atoms with van der Waals surface area (Å²) >= 11 is 0. The summed E-state index contributed by atoms with van der Waals surface area (Å²) in [7, 11) is 0. The monoisotopic (exact) mass is 360 g/mol. The van der Waals surface area contributed by atoms with Crippen LogP contribution in [0.3, 0.4) is 0 Å². The van der Waals surface area contributed by atoms with Crippen LogP contribution in [0.1, 0.15) is 49.1 Å². The Morgan fingerprint density at radius 2 is 1.74 bits per heavy atom. The molecule has 0 bridgehead atoms. The molecule has 0 saturated heterocycles. The summed E-state index contributed by atoms with van der Waals surface area (Å²) in [6, 6.07) is 12.4. The van der Waals surface area contributed by atoms with Gasteiger partial charge in [-0.1, -0.05) is 51.1 Å². The molecule has 0 spiro atoms. The average Bonchev–Trinajstić information content (AvgIpc) is 2.64. The third-order valence-corrected chi connectivity index (χ3v) is 4.43. The summed E-state index contributed by atoms with van der Waals surface area (Å²) in [4.78, 5) is 23.7. The highest BCUT2D eigenvalue weighted by atomic mass is 16.3. The molecule has 27 heavy (non-hydrogen) atoms. The van der Waals surface area contributed by atoms with E-state index < -0.39 is 0 Å². The molecule has 137 valence electrons. The molecule has 0 saturated carbocycles. The minimum atomic E-state index is -0.221. The van der Waals surface area contributed by atoms with Crippen LogP contribution in [0, 0.1) is 6.92 Å². The van der Waals surface area contributed by atoms with Gasteiger partial charge in [-0.05, 0) is 29.5 Å². The molecule has 3 rings (SSSR count). The molecule has 0 amide bonds. The molecule has 5 nitrogen and oxygen atoms in total. The zero-order chi connectivity index (χ0) is 19.6. The van der Waals surface area contributed by atoms with Crippen LogP contribution in [-0.4, -0.2) is 26.3 Å². The SMILES string of the molecule is Cc1nc(Cc2ccc(-c3ccc(C(C)(C)C)cc3)nc2)nc([C]=O)c1O. The van der Waals surface area contributed by atoms with Crippen molar-refractivity contribution in [3.8, 4) is 17.0 Å². The summed E-state index contributed by atoms with van der Waals surface area (Å²) in [5.74, 6) is 0.230. The largest absolute Gasteiger partial charge is 0.504 e. The Morgan fingerprint density at radius 3 is 2.30 bits per heavy atom. The smallest absolute Gasteiger partial charge is 0.257 e. The van der Waals surface area contributed by atoms with Crippen LogP contribution in [-0.2, 0) is 16.6 Å². The van der Waals surface area contributed by atoms with Gasteiger partial charge in [0.25, 0.3) is 6.29 Å². The summed E-state index contributed by atoms with van der Waals surface area (Å²) in [6.45, 7) is 8.20. The van der Waals surface area contributed by atoms with Crippen LogP contribution < -0.4 is 0 Å². The molecule has 1 N–H and O–H groups in total. The Morgan fingerprint density at radius 1 is 1.04 bits per heavy atom. The number of carbonyl (C=O) groups excluding carboxylic acids is 1. The van der Waals surface area contributed by atoms with Crippen molar-refractivity contribution >= 4 is 6.29 Å². The fourth-order valence-corrected chi connectivity index (χ4v) is 2.80. The molecule has 0 aliphatic rings. The minimum absolute atomic E-state index is 0.110. The Hall–Kier alpha value is -3.08. The minimum Gasteiger partial charge on any atom is -0.504 e. The van der Waals surface area contributed by atoms with Crippen molar-refractivity contribution in [1.29, 1.82) is 0 Å². The molecule has 0 aliphatic carbocycles. The molecular formula is C22H22N3O2. The lowest BCUT2D eigenvalue weighted by Crippen LogP contribution is -2.10. The molecule has 2 heterocycles. The molecule has 0 unspecified atom stereocenters. The maximum Gasteiger partial charge on any atom is 0.257 e. The number of hydrogen-bond acceptors (Lipinski definition) is 5. The second kappa shape index (κ2) is 7.27. The van der Waals surface area contributed by atoms with Crippen molar-refractivity contribution in [2.45, 2.75) is 39.5 Å². The third-order valence-electron chi connectivity index (χ3n) is 4.43. The lowest BCUT2D eigenvalue weighted by Gasteiger charge is -2.19. The molecule has 2 aromatic heterocycles. The molecule has 0 atom stereocenters.